The van der Waals surface area contributed by atoms with Crippen molar-refractivity contribution in [2.24, 2.45) is 4.99 Å². The van der Waals surface area contributed by atoms with Crippen LogP contribution >= 0.6 is 24.0 Å². The summed E-state index contributed by atoms with van der Waals surface area (Å²) in [6.07, 6.45) is 5.15. The number of hydrogen-bond donors (Lipinski definition) is 3. The highest BCUT2D eigenvalue weighted by Gasteiger charge is 2.29. The molecule has 1 aromatic heterocycles. The smallest absolute Gasteiger partial charge is 0.191 e. The molecule has 1 saturated carbocycles. The molecule has 22 heavy (non-hydrogen) atoms. The van der Waals surface area contributed by atoms with E-state index in [1.54, 1.807) is 7.05 Å². The first kappa shape index (κ1) is 19.2. The Labute approximate surface area is 149 Å². The summed E-state index contributed by atoms with van der Waals surface area (Å²) >= 11 is 0. The van der Waals surface area contributed by atoms with Gasteiger partial charge in [0.15, 0.2) is 5.96 Å². The standard InChI is InChI=1S/C15H26N4O2.HI/c1-11-13(12(2)21-19-11)9-17-14(16-3)18-10-15(20)7-5-4-6-8-15;/h20H,4-10H2,1-3H3,(H2,16,17,18);1H. The summed E-state index contributed by atoms with van der Waals surface area (Å²) in [5.41, 5.74) is 1.34. The Bertz CT molecular complexity index is 476. The average Bonchev–Trinajstić information content (AvgIpc) is 2.79. The Kier molecular flexibility index (Phi) is 7.61. The van der Waals surface area contributed by atoms with Gasteiger partial charge >= 0.3 is 0 Å². The van der Waals surface area contributed by atoms with Crippen molar-refractivity contribution in [3.8, 4) is 0 Å². The number of aliphatic hydroxyl groups is 1. The number of nitrogens with one attached hydrogen (secondary N) is 2. The maximum Gasteiger partial charge on any atom is 0.191 e. The van der Waals surface area contributed by atoms with Gasteiger partial charge in [-0.25, -0.2) is 0 Å². The Balaban J connectivity index is 0.00000242. The van der Waals surface area contributed by atoms with E-state index in [1.807, 2.05) is 13.8 Å². The predicted octanol–water partition coefficient (Wildman–Crippen LogP) is 2.27. The molecular weight excluding hydrogens is 395 g/mol. The van der Waals surface area contributed by atoms with Crippen molar-refractivity contribution >= 4 is 29.9 Å². The highest BCUT2D eigenvalue weighted by Crippen LogP contribution is 2.27. The second-order valence-corrected chi connectivity index (χ2v) is 5.87. The van der Waals surface area contributed by atoms with Gasteiger partial charge in [0, 0.05) is 25.7 Å². The fourth-order valence-electron chi connectivity index (χ4n) is 2.78. The lowest BCUT2D eigenvalue weighted by Crippen LogP contribution is -2.47. The maximum absolute atomic E-state index is 10.5. The fourth-order valence-corrected chi connectivity index (χ4v) is 2.78. The largest absolute Gasteiger partial charge is 0.388 e. The highest BCUT2D eigenvalue weighted by molar-refractivity contribution is 14.0. The topological polar surface area (TPSA) is 82.7 Å². The predicted molar refractivity (Wildman–Crippen MR) is 97.6 cm³/mol. The molecule has 0 unspecified atom stereocenters. The third-order valence-electron chi connectivity index (χ3n) is 4.21. The summed E-state index contributed by atoms with van der Waals surface area (Å²) in [4.78, 5) is 4.19. The average molecular weight is 422 g/mol. The SMILES string of the molecule is CN=C(NCc1c(C)noc1C)NCC1(O)CCCCC1.I. The van der Waals surface area contributed by atoms with Crippen molar-refractivity contribution < 1.29 is 9.63 Å². The normalized spacial score (nSPS) is 17.7. The Morgan fingerprint density at radius 1 is 1.27 bits per heavy atom. The lowest BCUT2D eigenvalue weighted by atomic mass is 9.85. The third kappa shape index (κ3) is 5.12. The van der Waals surface area contributed by atoms with Crippen LogP contribution in [0.1, 0.15) is 49.1 Å². The Morgan fingerprint density at radius 3 is 2.50 bits per heavy atom. The molecule has 0 bridgehead atoms. The molecule has 2 rings (SSSR count). The number of halogens is 1. The van der Waals surface area contributed by atoms with Crippen LogP contribution < -0.4 is 10.6 Å². The first-order valence-corrected chi connectivity index (χ1v) is 7.63. The van der Waals surface area contributed by atoms with Gasteiger partial charge in [0.05, 0.1) is 11.3 Å². The molecule has 6 nitrogen and oxygen atoms in total. The minimum Gasteiger partial charge on any atom is -0.388 e. The molecule has 3 N–H and O–H groups in total. The molecule has 7 heteroatoms. The van der Waals surface area contributed by atoms with Crippen LogP contribution in [0.3, 0.4) is 0 Å². The molecule has 0 aliphatic heterocycles. The molecular formula is C15H27IN4O2. The fraction of sp³-hybridized carbons (Fsp3) is 0.733. The van der Waals surface area contributed by atoms with Gasteiger partial charge in [-0.3, -0.25) is 4.99 Å². The van der Waals surface area contributed by atoms with Gasteiger partial charge in [-0.15, -0.1) is 24.0 Å². The molecule has 0 aromatic carbocycles. The molecule has 0 spiro atoms. The molecule has 1 aromatic rings. The van der Waals surface area contributed by atoms with Crippen LogP contribution in [-0.4, -0.2) is 35.4 Å². The highest BCUT2D eigenvalue weighted by atomic mass is 127. The van der Waals surface area contributed by atoms with Crippen LogP contribution in [0.2, 0.25) is 0 Å². The summed E-state index contributed by atoms with van der Waals surface area (Å²) in [6.45, 7) is 4.97. The first-order chi connectivity index (χ1) is 10.0. The number of hydrogen-bond acceptors (Lipinski definition) is 4. The van der Waals surface area contributed by atoms with Crippen molar-refractivity contribution in [1.29, 1.82) is 0 Å². The van der Waals surface area contributed by atoms with E-state index in [-0.39, 0.29) is 24.0 Å². The van der Waals surface area contributed by atoms with Crippen LogP contribution in [0.25, 0.3) is 0 Å². The maximum atomic E-state index is 10.5. The van der Waals surface area contributed by atoms with Gasteiger partial charge < -0.3 is 20.3 Å². The van der Waals surface area contributed by atoms with E-state index in [0.29, 0.717) is 19.0 Å². The number of guanidine groups is 1. The van der Waals surface area contributed by atoms with E-state index in [0.717, 1.165) is 42.7 Å². The number of rotatable bonds is 4. The molecule has 0 saturated heterocycles. The van der Waals surface area contributed by atoms with Crippen molar-refractivity contribution in [3.05, 3.63) is 17.0 Å². The van der Waals surface area contributed by atoms with E-state index < -0.39 is 5.60 Å². The van der Waals surface area contributed by atoms with Crippen LogP contribution in [0, 0.1) is 13.8 Å². The lowest BCUT2D eigenvalue weighted by molar-refractivity contribution is 0.00859. The van der Waals surface area contributed by atoms with E-state index in [9.17, 15) is 5.11 Å². The van der Waals surface area contributed by atoms with Gasteiger partial charge in [0.2, 0.25) is 0 Å². The number of nitrogens with zero attached hydrogens (tertiary/aromatic N) is 2. The monoisotopic (exact) mass is 422 g/mol. The Morgan fingerprint density at radius 2 is 1.95 bits per heavy atom. The summed E-state index contributed by atoms with van der Waals surface area (Å²) in [6, 6.07) is 0. The summed E-state index contributed by atoms with van der Waals surface area (Å²) < 4.78 is 5.14. The van der Waals surface area contributed by atoms with Crippen molar-refractivity contribution in [2.45, 2.75) is 58.1 Å². The second-order valence-electron chi connectivity index (χ2n) is 5.87. The third-order valence-corrected chi connectivity index (χ3v) is 4.21. The molecule has 1 aliphatic carbocycles. The zero-order valence-corrected chi connectivity index (χ0v) is 15.9. The van der Waals surface area contributed by atoms with E-state index in [4.69, 9.17) is 4.52 Å². The number of aryl methyl sites for hydroxylation is 2. The quantitative estimate of drug-likeness (QED) is 0.394. The minimum atomic E-state index is -0.598. The lowest BCUT2D eigenvalue weighted by Gasteiger charge is -2.32. The number of aliphatic imine (C=N–C) groups is 1. The minimum absolute atomic E-state index is 0. The molecule has 1 heterocycles. The Hall–Kier alpha value is -0.830. The summed E-state index contributed by atoms with van der Waals surface area (Å²) in [7, 11) is 1.73. The molecule has 0 amide bonds. The molecule has 0 radical (unpaired) electrons. The van der Waals surface area contributed by atoms with Crippen LogP contribution in [0.5, 0.6) is 0 Å². The van der Waals surface area contributed by atoms with Gasteiger partial charge in [-0.2, -0.15) is 0 Å². The second kappa shape index (κ2) is 8.71. The zero-order valence-electron chi connectivity index (χ0n) is 13.6. The molecule has 1 fully saturated rings. The summed E-state index contributed by atoms with van der Waals surface area (Å²) in [5, 5.41) is 20.9. The van der Waals surface area contributed by atoms with E-state index in [1.165, 1.54) is 6.42 Å². The van der Waals surface area contributed by atoms with Gasteiger partial charge in [-0.1, -0.05) is 24.4 Å². The zero-order chi connectivity index (χ0) is 15.3. The summed E-state index contributed by atoms with van der Waals surface area (Å²) in [5.74, 6) is 1.51. The van der Waals surface area contributed by atoms with E-state index in [2.05, 4.69) is 20.8 Å². The van der Waals surface area contributed by atoms with Gasteiger partial charge in [-0.05, 0) is 26.7 Å². The van der Waals surface area contributed by atoms with Crippen molar-refractivity contribution in [1.82, 2.24) is 15.8 Å². The van der Waals surface area contributed by atoms with Gasteiger partial charge in [0.1, 0.15) is 5.76 Å². The van der Waals surface area contributed by atoms with Gasteiger partial charge in [0.25, 0.3) is 0 Å². The van der Waals surface area contributed by atoms with Crippen LogP contribution in [0.15, 0.2) is 9.52 Å². The van der Waals surface area contributed by atoms with Crippen molar-refractivity contribution in [2.75, 3.05) is 13.6 Å². The molecule has 0 atom stereocenters. The first-order valence-electron chi connectivity index (χ1n) is 7.63. The molecule has 126 valence electrons. The number of aromatic nitrogens is 1. The van der Waals surface area contributed by atoms with E-state index >= 15 is 0 Å². The van der Waals surface area contributed by atoms with Crippen LogP contribution in [0.4, 0.5) is 0 Å². The van der Waals surface area contributed by atoms with Crippen molar-refractivity contribution in [3.63, 3.8) is 0 Å². The molecule has 1 aliphatic rings. The van der Waals surface area contributed by atoms with Crippen LogP contribution in [-0.2, 0) is 6.54 Å².